The van der Waals surface area contributed by atoms with E-state index < -0.39 is 0 Å². The minimum Gasteiger partial charge on any atom is -0.404 e. The maximum atomic E-state index is 5.66. The van der Waals surface area contributed by atoms with Gasteiger partial charge in [0.05, 0.1) is 11.4 Å². The molecule has 2 heteroatoms. The normalized spacial score (nSPS) is 12.0. The molecule has 2 rings (SSSR count). The van der Waals surface area contributed by atoms with Crippen LogP contribution in [-0.2, 0) is 0 Å². The van der Waals surface area contributed by atoms with E-state index in [9.17, 15) is 0 Å². The first kappa shape index (κ1) is 19.2. The molecule has 0 aliphatic heterocycles. The van der Waals surface area contributed by atoms with Crippen LogP contribution < -0.4 is 5.73 Å². The summed E-state index contributed by atoms with van der Waals surface area (Å²) in [4.78, 5) is 4.85. The highest BCUT2D eigenvalue weighted by Gasteiger charge is 2.13. The summed E-state index contributed by atoms with van der Waals surface area (Å²) in [6, 6.07) is 12.3. The van der Waals surface area contributed by atoms with E-state index in [4.69, 9.17) is 10.7 Å². The Kier molecular flexibility index (Phi) is 6.13. The zero-order valence-corrected chi connectivity index (χ0v) is 15.8. The number of pyridine rings is 1. The summed E-state index contributed by atoms with van der Waals surface area (Å²) < 4.78 is 0. The van der Waals surface area contributed by atoms with Crippen molar-refractivity contribution in [3.8, 4) is 0 Å². The topological polar surface area (TPSA) is 38.9 Å². The summed E-state index contributed by atoms with van der Waals surface area (Å²) in [7, 11) is 0. The quantitative estimate of drug-likeness (QED) is 0.646. The van der Waals surface area contributed by atoms with Crippen molar-refractivity contribution in [2.45, 2.75) is 20.8 Å². The standard InChI is InChI=1S/C24H26N2/c1-7-18(15-25)19-9-11-20(12-10-19)21(8-2)24-22(16(3)4)13-14-23(26-24)17(5)6/h7-15H,1,3,5,25H2,2,4,6H3/b18-15+,21-8-. The van der Waals surface area contributed by atoms with Crippen molar-refractivity contribution in [3.05, 3.63) is 103 Å². The van der Waals surface area contributed by atoms with Gasteiger partial charge in [-0.05, 0) is 54.7 Å². The fourth-order valence-electron chi connectivity index (χ4n) is 2.81. The predicted octanol–water partition coefficient (Wildman–Crippen LogP) is 6.09. The lowest BCUT2D eigenvalue weighted by Gasteiger charge is -2.15. The number of allylic oxidation sites excluding steroid dienone is 5. The maximum absolute atomic E-state index is 5.66. The highest BCUT2D eigenvalue weighted by atomic mass is 14.7. The first-order valence-corrected chi connectivity index (χ1v) is 8.57. The zero-order chi connectivity index (χ0) is 19.3. The van der Waals surface area contributed by atoms with Gasteiger partial charge in [-0.3, -0.25) is 0 Å². The van der Waals surface area contributed by atoms with Gasteiger partial charge in [-0.1, -0.05) is 62.2 Å². The average Bonchev–Trinajstić information content (AvgIpc) is 2.64. The van der Waals surface area contributed by atoms with Crippen LogP contribution in [0.4, 0.5) is 0 Å². The van der Waals surface area contributed by atoms with Gasteiger partial charge in [-0.25, -0.2) is 4.98 Å². The predicted molar refractivity (Wildman–Crippen MR) is 115 cm³/mol. The van der Waals surface area contributed by atoms with Gasteiger partial charge in [0.25, 0.3) is 0 Å². The van der Waals surface area contributed by atoms with Gasteiger partial charge >= 0.3 is 0 Å². The smallest absolute Gasteiger partial charge is 0.0786 e. The van der Waals surface area contributed by atoms with Gasteiger partial charge in [0, 0.05) is 17.3 Å². The summed E-state index contributed by atoms with van der Waals surface area (Å²) in [6.07, 6.45) is 5.40. The highest BCUT2D eigenvalue weighted by molar-refractivity contribution is 5.86. The zero-order valence-electron chi connectivity index (χ0n) is 15.8. The molecule has 0 bridgehead atoms. The fraction of sp³-hybridized carbons (Fsp3) is 0.125. The molecule has 26 heavy (non-hydrogen) atoms. The molecule has 1 heterocycles. The Hall–Kier alpha value is -3.13. The van der Waals surface area contributed by atoms with E-state index in [2.05, 4.69) is 44.0 Å². The van der Waals surface area contributed by atoms with Gasteiger partial charge in [0.15, 0.2) is 0 Å². The summed E-state index contributed by atoms with van der Waals surface area (Å²) >= 11 is 0. The third kappa shape index (κ3) is 3.92. The summed E-state index contributed by atoms with van der Waals surface area (Å²) in [5.41, 5.74) is 14.5. The number of hydrogen-bond donors (Lipinski definition) is 1. The molecule has 1 aromatic heterocycles. The second-order valence-corrected chi connectivity index (χ2v) is 6.26. The third-order valence-corrected chi connectivity index (χ3v) is 4.26. The minimum atomic E-state index is 0.890. The third-order valence-electron chi connectivity index (χ3n) is 4.26. The van der Waals surface area contributed by atoms with E-state index in [1.807, 2.05) is 39.0 Å². The molecule has 2 N–H and O–H groups in total. The van der Waals surface area contributed by atoms with Crippen LogP contribution >= 0.6 is 0 Å². The van der Waals surface area contributed by atoms with E-state index in [-0.39, 0.29) is 0 Å². The van der Waals surface area contributed by atoms with E-state index in [1.165, 1.54) is 0 Å². The molecule has 2 nitrogen and oxygen atoms in total. The van der Waals surface area contributed by atoms with Crippen LogP contribution in [0.15, 0.2) is 74.5 Å². The van der Waals surface area contributed by atoms with Crippen LogP contribution in [0.2, 0.25) is 0 Å². The molecular formula is C24H26N2. The minimum absolute atomic E-state index is 0.890. The van der Waals surface area contributed by atoms with E-state index in [1.54, 1.807) is 12.3 Å². The van der Waals surface area contributed by atoms with Crippen molar-refractivity contribution in [1.82, 2.24) is 4.98 Å². The number of hydrogen-bond acceptors (Lipinski definition) is 2. The molecule has 132 valence electrons. The maximum Gasteiger partial charge on any atom is 0.0786 e. The number of nitrogens with zero attached hydrogens (tertiary/aromatic N) is 1. The monoisotopic (exact) mass is 342 g/mol. The Balaban J connectivity index is 2.58. The highest BCUT2D eigenvalue weighted by Crippen LogP contribution is 2.30. The van der Waals surface area contributed by atoms with Gasteiger partial charge in [0.2, 0.25) is 0 Å². The van der Waals surface area contributed by atoms with Crippen molar-refractivity contribution >= 4 is 22.3 Å². The van der Waals surface area contributed by atoms with Crippen LogP contribution in [0.25, 0.3) is 22.3 Å². The molecule has 1 aromatic carbocycles. The van der Waals surface area contributed by atoms with Gasteiger partial charge < -0.3 is 5.73 Å². The number of rotatable bonds is 6. The molecule has 0 fully saturated rings. The van der Waals surface area contributed by atoms with Crippen molar-refractivity contribution in [2.75, 3.05) is 0 Å². The van der Waals surface area contributed by atoms with Crippen LogP contribution in [0.1, 0.15) is 48.8 Å². The van der Waals surface area contributed by atoms with Crippen molar-refractivity contribution in [3.63, 3.8) is 0 Å². The molecule has 0 unspecified atom stereocenters. The molecular weight excluding hydrogens is 316 g/mol. The lowest BCUT2D eigenvalue weighted by atomic mass is 9.93. The number of nitrogens with two attached hydrogens (primary N) is 1. The Morgan fingerprint density at radius 1 is 0.962 bits per heavy atom. The Morgan fingerprint density at radius 2 is 1.58 bits per heavy atom. The van der Waals surface area contributed by atoms with Gasteiger partial charge in [-0.2, -0.15) is 0 Å². The molecule has 2 aromatic rings. The fourth-order valence-corrected chi connectivity index (χ4v) is 2.81. The Labute approximate surface area is 156 Å². The average molecular weight is 342 g/mol. The number of aromatic nitrogens is 1. The molecule has 0 aliphatic rings. The van der Waals surface area contributed by atoms with Crippen molar-refractivity contribution in [2.24, 2.45) is 5.73 Å². The first-order valence-electron chi connectivity index (χ1n) is 8.57. The molecule has 0 radical (unpaired) electrons. The van der Waals surface area contributed by atoms with Gasteiger partial charge in [0.1, 0.15) is 0 Å². The van der Waals surface area contributed by atoms with Crippen LogP contribution in [0.3, 0.4) is 0 Å². The number of benzene rings is 1. The van der Waals surface area contributed by atoms with Crippen LogP contribution in [0, 0.1) is 0 Å². The van der Waals surface area contributed by atoms with Crippen molar-refractivity contribution < 1.29 is 0 Å². The molecule has 0 spiro atoms. The van der Waals surface area contributed by atoms with E-state index >= 15 is 0 Å². The van der Waals surface area contributed by atoms with Gasteiger partial charge in [-0.15, -0.1) is 0 Å². The van der Waals surface area contributed by atoms with Crippen LogP contribution in [0.5, 0.6) is 0 Å². The SMILES string of the molecule is C=C/C(=C\N)c1ccc(/C(=C/C)c2nc(C(=C)C)ccc2C(=C)C)cc1. The molecule has 0 saturated carbocycles. The van der Waals surface area contributed by atoms with E-state index in [0.717, 1.165) is 50.4 Å². The second-order valence-electron chi connectivity index (χ2n) is 6.26. The summed E-state index contributed by atoms with van der Waals surface area (Å²) in [6.45, 7) is 17.9. The molecule has 0 atom stereocenters. The first-order chi connectivity index (χ1) is 12.4. The van der Waals surface area contributed by atoms with E-state index in [0.29, 0.717) is 0 Å². The molecule has 0 amide bonds. The second kappa shape index (κ2) is 8.30. The lowest BCUT2D eigenvalue weighted by molar-refractivity contribution is 1.21. The molecule has 0 saturated heterocycles. The Bertz CT molecular complexity index is 910. The summed E-state index contributed by atoms with van der Waals surface area (Å²) in [5.74, 6) is 0. The van der Waals surface area contributed by atoms with Crippen molar-refractivity contribution in [1.29, 1.82) is 0 Å². The van der Waals surface area contributed by atoms with Crippen LogP contribution in [-0.4, -0.2) is 4.98 Å². The lowest BCUT2D eigenvalue weighted by Crippen LogP contribution is -2.00. The molecule has 0 aliphatic carbocycles. The largest absolute Gasteiger partial charge is 0.404 e. The Morgan fingerprint density at radius 3 is 2.04 bits per heavy atom. The summed E-state index contributed by atoms with van der Waals surface area (Å²) in [5, 5.41) is 0.